The summed E-state index contributed by atoms with van der Waals surface area (Å²) < 4.78 is 5.11. The Bertz CT molecular complexity index is 603. The minimum Gasteiger partial charge on any atom is -0.495 e. The van der Waals surface area contributed by atoms with Crippen molar-refractivity contribution in [3.8, 4) is 11.8 Å². The van der Waals surface area contributed by atoms with E-state index in [0.717, 1.165) is 22.1 Å². The SMILES string of the molecule is CCc1nnc(NCc2ccc(OC)c(C#N)c2)s1. The van der Waals surface area contributed by atoms with Gasteiger partial charge in [-0.2, -0.15) is 5.26 Å². The number of ether oxygens (including phenoxy) is 1. The lowest BCUT2D eigenvalue weighted by molar-refractivity contribution is 0.413. The molecule has 2 aromatic rings. The fourth-order valence-electron chi connectivity index (χ4n) is 1.60. The van der Waals surface area contributed by atoms with Crippen molar-refractivity contribution in [1.82, 2.24) is 10.2 Å². The molecule has 1 N–H and O–H groups in total. The second-order valence-corrected chi connectivity index (χ2v) is 4.92. The summed E-state index contributed by atoms with van der Waals surface area (Å²) in [6.45, 7) is 2.66. The van der Waals surface area contributed by atoms with E-state index < -0.39 is 0 Å². The molecule has 2 rings (SSSR count). The molecular weight excluding hydrogens is 260 g/mol. The highest BCUT2D eigenvalue weighted by atomic mass is 32.1. The second kappa shape index (κ2) is 6.16. The summed E-state index contributed by atoms with van der Waals surface area (Å²) in [5.41, 5.74) is 1.54. The number of rotatable bonds is 5. The molecule has 5 nitrogen and oxygen atoms in total. The van der Waals surface area contributed by atoms with Gasteiger partial charge in [0.15, 0.2) is 0 Å². The van der Waals surface area contributed by atoms with Crippen LogP contribution in [0, 0.1) is 11.3 Å². The average Bonchev–Trinajstić information content (AvgIpc) is 2.92. The summed E-state index contributed by atoms with van der Waals surface area (Å²) in [6.07, 6.45) is 0.889. The van der Waals surface area contributed by atoms with Crippen molar-refractivity contribution in [3.05, 3.63) is 34.3 Å². The smallest absolute Gasteiger partial charge is 0.205 e. The molecular formula is C13H14N4OS. The van der Waals surface area contributed by atoms with Crippen molar-refractivity contribution < 1.29 is 4.74 Å². The van der Waals surface area contributed by atoms with Gasteiger partial charge in [0.1, 0.15) is 16.8 Å². The number of aromatic nitrogens is 2. The molecule has 1 aromatic carbocycles. The van der Waals surface area contributed by atoms with Gasteiger partial charge in [0.25, 0.3) is 0 Å². The van der Waals surface area contributed by atoms with Gasteiger partial charge >= 0.3 is 0 Å². The molecule has 1 aromatic heterocycles. The quantitative estimate of drug-likeness (QED) is 0.907. The van der Waals surface area contributed by atoms with E-state index in [1.807, 2.05) is 19.1 Å². The Morgan fingerprint density at radius 2 is 2.26 bits per heavy atom. The molecule has 0 aliphatic rings. The minimum absolute atomic E-state index is 0.535. The third-order valence-electron chi connectivity index (χ3n) is 2.60. The zero-order chi connectivity index (χ0) is 13.7. The summed E-state index contributed by atoms with van der Waals surface area (Å²) in [5.74, 6) is 0.593. The van der Waals surface area contributed by atoms with Gasteiger partial charge in [0.2, 0.25) is 5.13 Å². The van der Waals surface area contributed by atoms with Crippen LogP contribution in [0.3, 0.4) is 0 Å². The normalized spacial score (nSPS) is 9.95. The summed E-state index contributed by atoms with van der Waals surface area (Å²) in [6, 6.07) is 7.66. The maximum atomic E-state index is 9.02. The van der Waals surface area contributed by atoms with E-state index in [1.165, 1.54) is 0 Å². The molecule has 0 radical (unpaired) electrons. The maximum absolute atomic E-state index is 9.02. The number of hydrogen-bond acceptors (Lipinski definition) is 6. The topological polar surface area (TPSA) is 70.8 Å². The molecule has 0 saturated carbocycles. The van der Waals surface area contributed by atoms with E-state index >= 15 is 0 Å². The number of nitrogens with zero attached hydrogens (tertiary/aromatic N) is 3. The summed E-state index contributed by atoms with van der Waals surface area (Å²) >= 11 is 1.55. The van der Waals surface area contributed by atoms with Gasteiger partial charge in [-0.3, -0.25) is 0 Å². The van der Waals surface area contributed by atoms with E-state index in [9.17, 15) is 0 Å². The summed E-state index contributed by atoms with van der Waals surface area (Å²) in [5, 5.41) is 22.1. The van der Waals surface area contributed by atoms with Gasteiger partial charge in [-0.15, -0.1) is 10.2 Å². The molecule has 0 amide bonds. The Labute approximate surface area is 115 Å². The van der Waals surface area contributed by atoms with Crippen LogP contribution in [0.25, 0.3) is 0 Å². The van der Waals surface area contributed by atoms with Crippen molar-refractivity contribution in [2.75, 3.05) is 12.4 Å². The largest absolute Gasteiger partial charge is 0.495 e. The third kappa shape index (κ3) is 3.20. The number of nitriles is 1. The number of methoxy groups -OCH3 is 1. The van der Waals surface area contributed by atoms with Crippen molar-refractivity contribution in [2.24, 2.45) is 0 Å². The number of benzene rings is 1. The molecule has 98 valence electrons. The zero-order valence-corrected chi connectivity index (χ0v) is 11.6. The summed E-state index contributed by atoms with van der Waals surface area (Å²) in [7, 11) is 1.56. The Balaban J connectivity index is 2.05. The molecule has 0 atom stereocenters. The van der Waals surface area contributed by atoms with Crippen LogP contribution in [0.5, 0.6) is 5.75 Å². The fraction of sp³-hybridized carbons (Fsp3) is 0.308. The molecule has 0 spiro atoms. The average molecular weight is 274 g/mol. The van der Waals surface area contributed by atoms with Crippen molar-refractivity contribution >= 4 is 16.5 Å². The first-order valence-electron chi connectivity index (χ1n) is 5.90. The Kier molecular flexibility index (Phi) is 4.31. The predicted octanol–water partition coefficient (Wildman–Crippen LogP) is 2.59. The Morgan fingerprint density at radius 3 is 2.89 bits per heavy atom. The zero-order valence-electron chi connectivity index (χ0n) is 10.8. The van der Waals surface area contributed by atoms with Crippen LogP contribution < -0.4 is 10.1 Å². The van der Waals surface area contributed by atoms with Gasteiger partial charge < -0.3 is 10.1 Å². The van der Waals surface area contributed by atoms with Crippen LogP contribution >= 0.6 is 11.3 Å². The van der Waals surface area contributed by atoms with E-state index in [-0.39, 0.29) is 0 Å². The minimum atomic E-state index is 0.535. The van der Waals surface area contributed by atoms with Gasteiger partial charge in [0, 0.05) is 6.54 Å². The Morgan fingerprint density at radius 1 is 1.42 bits per heavy atom. The first-order chi connectivity index (χ1) is 9.26. The van der Waals surface area contributed by atoms with Crippen LogP contribution in [0.4, 0.5) is 5.13 Å². The number of hydrogen-bond donors (Lipinski definition) is 1. The van der Waals surface area contributed by atoms with Crippen LogP contribution in [0.2, 0.25) is 0 Å². The highest BCUT2D eigenvalue weighted by molar-refractivity contribution is 7.15. The number of anilines is 1. The highest BCUT2D eigenvalue weighted by Crippen LogP contribution is 2.20. The third-order valence-corrected chi connectivity index (χ3v) is 3.62. The number of aryl methyl sites for hydroxylation is 1. The molecule has 6 heteroatoms. The van der Waals surface area contributed by atoms with E-state index in [0.29, 0.717) is 17.9 Å². The molecule has 1 heterocycles. The van der Waals surface area contributed by atoms with Crippen molar-refractivity contribution in [1.29, 1.82) is 5.26 Å². The van der Waals surface area contributed by atoms with Crippen LogP contribution in [0.1, 0.15) is 23.1 Å². The fourth-order valence-corrected chi connectivity index (χ4v) is 2.27. The first kappa shape index (κ1) is 13.3. The molecule has 0 fully saturated rings. The molecule has 19 heavy (non-hydrogen) atoms. The van der Waals surface area contributed by atoms with Gasteiger partial charge in [-0.05, 0) is 24.1 Å². The lowest BCUT2D eigenvalue weighted by Crippen LogP contribution is -2.00. The second-order valence-electron chi connectivity index (χ2n) is 3.85. The van der Waals surface area contributed by atoms with Gasteiger partial charge in [-0.1, -0.05) is 24.3 Å². The highest BCUT2D eigenvalue weighted by Gasteiger charge is 2.05. The van der Waals surface area contributed by atoms with E-state index in [4.69, 9.17) is 10.00 Å². The molecule has 0 saturated heterocycles. The van der Waals surface area contributed by atoms with Crippen molar-refractivity contribution in [3.63, 3.8) is 0 Å². The predicted molar refractivity (Wildman–Crippen MR) is 74.3 cm³/mol. The molecule has 0 bridgehead atoms. The van der Waals surface area contributed by atoms with Crippen LogP contribution in [-0.4, -0.2) is 17.3 Å². The first-order valence-corrected chi connectivity index (χ1v) is 6.71. The van der Waals surface area contributed by atoms with Crippen molar-refractivity contribution in [2.45, 2.75) is 19.9 Å². The standard InChI is InChI=1S/C13H14N4OS/c1-3-12-16-17-13(19-12)15-8-9-4-5-11(18-2)10(6-9)7-14/h4-6H,3,8H2,1-2H3,(H,15,17). The monoisotopic (exact) mass is 274 g/mol. The van der Waals surface area contributed by atoms with Crippen LogP contribution in [0.15, 0.2) is 18.2 Å². The summed E-state index contributed by atoms with van der Waals surface area (Å²) in [4.78, 5) is 0. The lowest BCUT2D eigenvalue weighted by Gasteiger charge is -2.06. The molecule has 0 unspecified atom stereocenters. The maximum Gasteiger partial charge on any atom is 0.205 e. The van der Waals surface area contributed by atoms with Gasteiger partial charge in [0.05, 0.1) is 12.7 Å². The van der Waals surface area contributed by atoms with Gasteiger partial charge in [-0.25, -0.2) is 0 Å². The Hall–Kier alpha value is -2.13. The van der Waals surface area contributed by atoms with E-state index in [2.05, 4.69) is 21.6 Å². The molecule has 0 aliphatic carbocycles. The molecule has 0 aliphatic heterocycles. The van der Waals surface area contributed by atoms with Crippen LogP contribution in [-0.2, 0) is 13.0 Å². The lowest BCUT2D eigenvalue weighted by atomic mass is 10.1. The van der Waals surface area contributed by atoms with E-state index in [1.54, 1.807) is 24.5 Å². The number of nitrogens with one attached hydrogen (secondary N) is 1.